The Balaban J connectivity index is 1.42. The molecule has 2 aliphatic heterocycles. The van der Waals surface area contributed by atoms with Crippen molar-refractivity contribution in [1.29, 1.82) is 0 Å². The number of ether oxygens (including phenoxy) is 1. The molecule has 2 atom stereocenters. The Morgan fingerprint density at radius 2 is 1.92 bits per heavy atom. The number of amides is 2. The fraction of sp³-hybridized carbons (Fsp3) is 0.286. The smallest absolute Gasteiger partial charge is 0.276 e. The number of benzene rings is 1. The number of anilines is 1. The SMILES string of the molecule is Cn1cc2c(c1C(=O)Nc1cc(F)c(F)c(F)c1)OC[C@H]1CN(C(=O)c3cocn3)C[C@H]1NS2(=O)=O. The van der Waals surface area contributed by atoms with Crippen molar-refractivity contribution < 1.29 is 40.3 Å². The molecule has 0 saturated carbocycles. The summed E-state index contributed by atoms with van der Waals surface area (Å²) in [5.41, 5.74) is -0.548. The monoisotopic (exact) mass is 525 g/mol. The summed E-state index contributed by atoms with van der Waals surface area (Å²) in [6.07, 6.45) is 3.45. The van der Waals surface area contributed by atoms with Gasteiger partial charge < -0.3 is 23.9 Å². The summed E-state index contributed by atoms with van der Waals surface area (Å²) < 4.78 is 81.1. The van der Waals surface area contributed by atoms with E-state index in [9.17, 15) is 31.2 Å². The van der Waals surface area contributed by atoms with Gasteiger partial charge in [0, 0.05) is 56.1 Å². The average Bonchev–Trinajstić information content (AvgIpc) is 3.54. The molecular formula is C21H18F3N5O6S. The Bertz CT molecular complexity index is 1450. The number of halogens is 3. The number of nitrogens with one attached hydrogen (secondary N) is 2. The Morgan fingerprint density at radius 3 is 2.58 bits per heavy atom. The molecule has 1 aromatic carbocycles. The van der Waals surface area contributed by atoms with E-state index >= 15 is 0 Å². The molecule has 190 valence electrons. The van der Waals surface area contributed by atoms with Gasteiger partial charge >= 0.3 is 0 Å². The molecule has 0 bridgehead atoms. The van der Waals surface area contributed by atoms with E-state index in [1.807, 2.05) is 0 Å². The van der Waals surface area contributed by atoms with Crippen molar-refractivity contribution in [3.8, 4) is 5.75 Å². The molecule has 1 saturated heterocycles. The molecule has 0 radical (unpaired) electrons. The van der Waals surface area contributed by atoms with E-state index in [-0.39, 0.29) is 47.4 Å². The van der Waals surface area contributed by atoms with E-state index in [4.69, 9.17) is 9.15 Å². The number of fused-ring (bicyclic) bond motifs is 2. The summed E-state index contributed by atoms with van der Waals surface area (Å²) in [6.45, 7) is 0.166. The Kier molecular flexibility index (Phi) is 5.75. The van der Waals surface area contributed by atoms with Crippen LogP contribution in [0.4, 0.5) is 18.9 Å². The van der Waals surface area contributed by atoms with Crippen molar-refractivity contribution in [3.63, 3.8) is 0 Å². The first-order valence-electron chi connectivity index (χ1n) is 10.5. The molecule has 2 aliphatic rings. The highest BCUT2D eigenvalue weighted by Crippen LogP contribution is 2.35. The number of oxazole rings is 1. The van der Waals surface area contributed by atoms with Crippen LogP contribution < -0.4 is 14.8 Å². The number of likely N-dealkylation sites (tertiary alicyclic amines) is 1. The standard InChI is InChI=1S/C21H18F3N5O6S/c1-28-6-16-19(18(28)20(30)26-11-2-12(22)17(24)13(23)3-11)35-7-10-4-29(5-14(10)27-36(16,32)33)21(31)15-8-34-9-25-15/h2-3,6,8-10,14,27H,4-5,7H2,1H3,(H,26,30)/t10-,14-/m1/s1. The third-order valence-corrected chi connectivity index (χ3v) is 7.46. The molecule has 2 amide bonds. The van der Waals surface area contributed by atoms with Gasteiger partial charge in [-0.3, -0.25) is 9.59 Å². The molecule has 15 heteroatoms. The summed E-state index contributed by atoms with van der Waals surface area (Å²) in [6, 6.07) is 0.513. The minimum absolute atomic E-state index is 0.0487. The van der Waals surface area contributed by atoms with Gasteiger partial charge in [0.05, 0.1) is 6.61 Å². The lowest BCUT2D eigenvalue weighted by Gasteiger charge is -2.23. The van der Waals surface area contributed by atoms with Gasteiger partial charge in [-0.05, 0) is 0 Å². The minimum atomic E-state index is -4.20. The van der Waals surface area contributed by atoms with Crippen LogP contribution in [-0.2, 0) is 17.1 Å². The molecule has 5 rings (SSSR count). The number of nitrogens with zero attached hydrogens (tertiary/aromatic N) is 3. The number of hydrogen-bond acceptors (Lipinski definition) is 7. The van der Waals surface area contributed by atoms with E-state index in [0.717, 1.165) is 12.6 Å². The van der Waals surface area contributed by atoms with Gasteiger partial charge in [-0.25, -0.2) is 31.3 Å². The molecular weight excluding hydrogens is 507 g/mol. The van der Waals surface area contributed by atoms with E-state index in [1.54, 1.807) is 0 Å². The van der Waals surface area contributed by atoms with Crippen LogP contribution in [0.1, 0.15) is 21.0 Å². The van der Waals surface area contributed by atoms with Crippen LogP contribution in [0.2, 0.25) is 0 Å². The summed E-state index contributed by atoms with van der Waals surface area (Å²) in [5, 5.41) is 2.22. The molecule has 2 N–H and O–H groups in total. The zero-order chi connectivity index (χ0) is 25.8. The molecule has 11 nitrogen and oxygen atoms in total. The van der Waals surface area contributed by atoms with Crippen LogP contribution in [0.15, 0.2) is 40.3 Å². The summed E-state index contributed by atoms with van der Waals surface area (Å²) in [4.78, 5) is 30.5. The van der Waals surface area contributed by atoms with Gasteiger partial charge in [-0.15, -0.1) is 0 Å². The predicted molar refractivity (Wildman–Crippen MR) is 115 cm³/mol. The zero-order valence-electron chi connectivity index (χ0n) is 18.5. The fourth-order valence-corrected chi connectivity index (χ4v) is 5.75. The average molecular weight is 525 g/mol. The highest BCUT2D eigenvalue weighted by Gasteiger charge is 2.42. The van der Waals surface area contributed by atoms with E-state index < -0.39 is 51.2 Å². The number of sulfonamides is 1. The van der Waals surface area contributed by atoms with Crippen molar-refractivity contribution in [2.75, 3.05) is 25.0 Å². The molecule has 1 fully saturated rings. The molecule has 0 spiro atoms. The zero-order valence-corrected chi connectivity index (χ0v) is 19.3. The molecule has 0 unspecified atom stereocenters. The molecule has 0 aliphatic carbocycles. The normalized spacial score (nSPS) is 20.6. The first-order valence-corrected chi connectivity index (χ1v) is 12.0. The first-order chi connectivity index (χ1) is 17.0. The van der Waals surface area contributed by atoms with Crippen LogP contribution in [-0.4, -0.2) is 60.4 Å². The first kappa shape index (κ1) is 23.9. The largest absolute Gasteiger partial charge is 0.489 e. The van der Waals surface area contributed by atoms with Crippen LogP contribution in [0.5, 0.6) is 5.75 Å². The Morgan fingerprint density at radius 1 is 1.19 bits per heavy atom. The number of carbonyl (C=O) groups is 2. The Labute approximate surface area is 201 Å². The number of carbonyl (C=O) groups excluding carboxylic acids is 2. The van der Waals surface area contributed by atoms with Crippen molar-refractivity contribution in [3.05, 3.63) is 59.8 Å². The molecule has 36 heavy (non-hydrogen) atoms. The third-order valence-electron chi connectivity index (χ3n) is 5.98. The third kappa shape index (κ3) is 4.09. The molecule has 2 aromatic heterocycles. The van der Waals surface area contributed by atoms with Crippen LogP contribution in [0.3, 0.4) is 0 Å². The maximum Gasteiger partial charge on any atom is 0.276 e. The number of hydrogen-bond donors (Lipinski definition) is 2. The molecule has 4 heterocycles. The van der Waals surface area contributed by atoms with Crippen molar-refractivity contribution >= 4 is 27.5 Å². The predicted octanol–water partition coefficient (Wildman–Crippen LogP) is 1.49. The van der Waals surface area contributed by atoms with E-state index in [1.165, 1.54) is 22.8 Å². The lowest BCUT2D eigenvalue weighted by atomic mass is 10.1. The second-order valence-electron chi connectivity index (χ2n) is 8.37. The van der Waals surface area contributed by atoms with Crippen LogP contribution in [0, 0.1) is 23.4 Å². The van der Waals surface area contributed by atoms with Gasteiger partial charge in [0.15, 0.2) is 41.0 Å². The van der Waals surface area contributed by atoms with Crippen LogP contribution in [0.25, 0.3) is 0 Å². The summed E-state index contributed by atoms with van der Waals surface area (Å²) in [5.74, 6) is -6.82. The maximum absolute atomic E-state index is 13.6. The van der Waals surface area contributed by atoms with E-state index in [0.29, 0.717) is 12.1 Å². The van der Waals surface area contributed by atoms with E-state index in [2.05, 4.69) is 15.0 Å². The maximum atomic E-state index is 13.6. The number of aryl methyl sites for hydroxylation is 1. The lowest BCUT2D eigenvalue weighted by Crippen LogP contribution is -2.43. The van der Waals surface area contributed by atoms with Gasteiger partial charge in [0.2, 0.25) is 10.0 Å². The second kappa shape index (κ2) is 8.67. The van der Waals surface area contributed by atoms with Crippen molar-refractivity contribution in [2.45, 2.75) is 10.9 Å². The molecule has 3 aromatic rings. The van der Waals surface area contributed by atoms with Gasteiger partial charge in [-0.2, -0.15) is 0 Å². The summed E-state index contributed by atoms with van der Waals surface area (Å²) in [7, 11) is -2.81. The van der Waals surface area contributed by atoms with Gasteiger partial charge in [0.1, 0.15) is 11.2 Å². The van der Waals surface area contributed by atoms with Crippen molar-refractivity contribution in [1.82, 2.24) is 19.2 Å². The Hall–Kier alpha value is -3.85. The van der Waals surface area contributed by atoms with Crippen molar-refractivity contribution in [2.24, 2.45) is 13.0 Å². The highest BCUT2D eigenvalue weighted by atomic mass is 32.2. The number of aromatic nitrogens is 2. The van der Waals surface area contributed by atoms with Gasteiger partial charge in [0.25, 0.3) is 11.8 Å². The minimum Gasteiger partial charge on any atom is -0.489 e. The second-order valence-corrected chi connectivity index (χ2v) is 10.1. The summed E-state index contributed by atoms with van der Waals surface area (Å²) >= 11 is 0. The fourth-order valence-electron chi connectivity index (χ4n) is 4.26. The number of rotatable bonds is 3. The lowest BCUT2D eigenvalue weighted by molar-refractivity contribution is 0.0776. The van der Waals surface area contributed by atoms with Crippen LogP contribution >= 0.6 is 0 Å². The topological polar surface area (TPSA) is 136 Å². The highest BCUT2D eigenvalue weighted by molar-refractivity contribution is 7.89. The quantitative estimate of drug-likeness (QED) is 0.495. The van der Waals surface area contributed by atoms with Gasteiger partial charge in [-0.1, -0.05) is 0 Å².